The summed E-state index contributed by atoms with van der Waals surface area (Å²) < 4.78 is 5.45. The van der Waals surface area contributed by atoms with Crippen molar-refractivity contribution in [2.45, 2.75) is 6.92 Å². The minimum atomic E-state index is -0.395. The fourth-order valence-electron chi connectivity index (χ4n) is 1.49. The highest BCUT2D eigenvalue weighted by atomic mass is 32.1. The molecule has 15 heavy (non-hydrogen) atoms. The molecule has 0 saturated heterocycles. The summed E-state index contributed by atoms with van der Waals surface area (Å²) in [4.78, 5) is 26.0. The summed E-state index contributed by atoms with van der Waals surface area (Å²) in [6.45, 7) is 1.75. The Balaban J connectivity index is 2.81. The van der Waals surface area contributed by atoms with Gasteiger partial charge in [0, 0.05) is 10.9 Å². The van der Waals surface area contributed by atoms with Crippen molar-refractivity contribution in [2.24, 2.45) is 0 Å². The van der Waals surface area contributed by atoms with Gasteiger partial charge in [0.2, 0.25) is 0 Å². The predicted octanol–water partition coefficient (Wildman–Crippen LogP) is 1.68. The van der Waals surface area contributed by atoms with Gasteiger partial charge in [0.15, 0.2) is 0 Å². The van der Waals surface area contributed by atoms with Crippen LogP contribution < -0.4 is 5.56 Å². The predicted molar refractivity (Wildman–Crippen MR) is 58.5 cm³/mol. The molecule has 0 amide bonds. The first-order valence-corrected chi connectivity index (χ1v) is 5.16. The van der Waals surface area contributed by atoms with Crippen molar-refractivity contribution in [1.82, 2.24) is 4.98 Å². The molecule has 0 aliphatic heterocycles. The molecule has 1 N–H and O–H groups in total. The number of carbonyl (C=O) groups is 1. The maximum Gasteiger partial charge on any atom is 0.348 e. The number of aromatic amines is 1. The minimum Gasteiger partial charge on any atom is -0.465 e. The topological polar surface area (TPSA) is 59.2 Å². The molecule has 2 rings (SSSR count). The van der Waals surface area contributed by atoms with E-state index >= 15 is 0 Å². The van der Waals surface area contributed by atoms with Gasteiger partial charge in [-0.3, -0.25) is 4.79 Å². The van der Waals surface area contributed by atoms with Gasteiger partial charge < -0.3 is 9.72 Å². The summed E-state index contributed by atoms with van der Waals surface area (Å²) in [6, 6.07) is 1.78. The molecular formula is C10H9NO3S. The molecule has 0 spiro atoms. The summed E-state index contributed by atoms with van der Waals surface area (Å²) in [5, 5.41) is 0.572. The van der Waals surface area contributed by atoms with Crippen LogP contribution in [-0.2, 0) is 4.74 Å². The van der Waals surface area contributed by atoms with E-state index in [-0.39, 0.29) is 5.56 Å². The lowest BCUT2D eigenvalue weighted by Gasteiger charge is -1.95. The van der Waals surface area contributed by atoms with E-state index in [4.69, 9.17) is 0 Å². The third kappa shape index (κ3) is 1.45. The molecule has 0 radical (unpaired) electrons. The first kappa shape index (κ1) is 9.92. The van der Waals surface area contributed by atoms with E-state index in [1.807, 2.05) is 0 Å². The Labute approximate surface area is 89.5 Å². The van der Waals surface area contributed by atoms with Crippen LogP contribution in [0.4, 0.5) is 0 Å². The molecule has 0 aliphatic rings. The van der Waals surface area contributed by atoms with Crippen LogP contribution in [0.3, 0.4) is 0 Å². The number of H-pyrrole nitrogens is 1. The highest BCUT2D eigenvalue weighted by Crippen LogP contribution is 2.28. The number of thiophene rings is 1. The number of hydrogen-bond acceptors (Lipinski definition) is 4. The molecule has 0 atom stereocenters. The smallest absolute Gasteiger partial charge is 0.348 e. The van der Waals surface area contributed by atoms with Gasteiger partial charge in [0.25, 0.3) is 5.56 Å². The molecule has 0 fully saturated rings. The lowest BCUT2D eigenvalue weighted by atomic mass is 10.2. The first-order chi connectivity index (χ1) is 7.15. The summed E-state index contributed by atoms with van der Waals surface area (Å²) in [6.07, 6.45) is 1.57. The van der Waals surface area contributed by atoms with Crippen LogP contribution in [0.15, 0.2) is 17.1 Å². The van der Waals surface area contributed by atoms with Gasteiger partial charge in [-0.15, -0.1) is 11.3 Å². The van der Waals surface area contributed by atoms with Crippen LogP contribution in [0.2, 0.25) is 0 Å². The number of ether oxygens (including phenoxy) is 1. The van der Waals surface area contributed by atoms with Crippen molar-refractivity contribution in [1.29, 1.82) is 0 Å². The van der Waals surface area contributed by atoms with Crippen molar-refractivity contribution in [3.8, 4) is 0 Å². The normalized spacial score (nSPS) is 10.5. The molecule has 2 aromatic heterocycles. The average molecular weight is 223 g/mol. The number of nitrogens with one attached hydrogen (secondary N) is 1. The van der Waals surface area contributed by atoms with Crippen LogP contribution in [-0.4, -0.2) is 18.1 Å². The molecule has 78 valence electrons. The van der Waals surface area contributed by atoms with Crippen molar-refractivity contribution < 1.29 is 9.53 Å². The molecule has 0 saturated carbocycles. The van der Waals surface area contributed by atoms with Crippen molar-refractivity contribution in [3.63, 3.8) is 0 Å². The molecule has 2 aromatic rings. The van der Waals surface area contributed by atoms with E-state index in [0.717, 1.165) is 4.70 Å². The second kappa shape index (κ2) is 3.51. The Morgan fingerprint density at radius 2 is 2.27 bits per heavy atom. The number of esters is 1. The first-order valence-electron chi connectivity index (χ1n) is 4.34. The lowest BCUT2D eigenvalue weighted by Crippen LogP contribution is -2.05. The zero-order chi connectivity index (χ0) is 11.0. The number of aromatic nitrogens is 1. The lowest BCUT2D eigenvalue weighted by molar-refractivity contribution is 0.0605. The van der Waals surface area contributed by atoms with Crippen molar-refractivity contribution in [2.75, 3.05) is 7.11 Å². The highest BCUT2D eigenvalue weighted by Gasteiger charge is 2.17. The summed E-state index contributed by atoms with van der Waals surface area (Å²) in [5.41, 5.74) is 0.514. The molecule has 2 heterocycles. The van der Waals surface area contributed by atoms with Crippen LogP contribution in [0.1, 0.15) is 15.2 Å². The monoisotopic (exact) mass is 223 g/mol. The van der Waals surface area contributed by atoms with Gasteiger partial charge >= 0.3 is 5.97 Å². The zero-order valence-corrected chi connectivity index (χ0v) is 9.10. The number of aryl methyl sites for hydroxylation is 1. The third-order valence-corrected chi connectivity index (χ3v) is 3.46. The van der Waals surface area contributed by atoms with Crippen LogP contribution in [0.25, 0.3) is 10.1 Å². The molecule has 0 unspecified atom stereocenters. The van der Waals surface area contributed by atoms with Crippen LogP contribution in [0.5, 0.6) is 0 Å². The van der Waals surface area contributed by atoms with E-state index in [0.29, 0.717) is 15.8 Å². The quantitative estimate of drug-likeness (QED) is 0.748. The number of fused-ring (bicyclic) bond motifs is 1. The Bertz CT molecular complexity index is 582. The highest BCUT2D eigenvalue weighted by molar-refractivity contribution is 7.21. The standard InChI is InChI=1S/C10H9NO3S/c1-5-7-6(3-4-11-9(7)12)15-8(5)10(13)14-2/h3-4H,1-2H3,(H,11,12). The molecule has 0 aromatic carbocycles. The molecule has 5 heteroatoms. The minimum absolute atomic E-state index is 0.170. The second-order valence-corrected chi connectivity index (χ2v) is 4.15. The van der Waals surface area contributed by atoms with Crippen molar-refractivity contribution >= 4 is 27.4 Å². The SMILES string of the molecule is COC(=O)c1sc2cc[nH]c(=O)c2c1C. The average Bonchev–Trinajstić information content (AvgIpc) is 2.56. The van der Waals surface area contributed by atoms with Crippen LogP contribution >= 0.6 is 11.3 Å². The maximum absolute atomic E-state index is 11.5. The van der Waals surface area contributed by atoms with E-state index in [2.05, 4.69) is 9.72 Å². The fraction of sp³-hybridized carbons (Fsp3) is 0.200. The second-order valence-electron chi connectivity index (χ2n) is 3.09. The Morgan fingerprint density at radius 1 is 1.53 bits per heavy atom. The van der Waals surface area contributed by atoms with Crippen molar-refractivity contribution in [3.05, 3.63) is 33.1 Å². The summed E-state index contributed by atoms with van der Waals surface area (Å²) in [5.74, 6) is -0.395. The Hall–Kier alpha value is -1.62. The van der Waals surface area contributed by atoms with Gasteiger partial charge in [0.05, 0.1) is 12.5 Å². The Kier molecular flexibility index (Phi) is 2.32. The van der Waals surface area contributed by atoms with E-state index in [1.54, 1.807) is 19.2 Å². The van der Waals surface area contributed by atoms with E-state index in [9.17, 15) is 9.59 Å². The number of pyridine rings is 1. The molecular weight excluding hydrogens is 214 g/mol. The maximum atomic E-state index is 11.5. The molecule has 0 aliphatic carbocycles. The van der Waals surface area contributed by atoms with E-state index < -0.39 is 5.97 Å². The number of carbonyl (C=O) groups excluding carboxylic acids is 1. The Morgan fingerprint density at radius 3 is 2.87 bits per heavy atom. The van der Waals surface area contributed by atoms with Crippen LogP contribution in [0, 0.1) is 6.92 Å². The number of methoxy groups -OCH3 is 1. The largest absolute Gasteiger partial charge is 0.465 e. The van der Waals surface area contributed by atoms with Gasteiger partial charge in [-0.1, -0.05) is 0 Å². The van der Waals surface area contributed by atoms with E-state index in [1.165, 1.54) is 18.4 Å². The third-order valence-electron chi connectivity index (χ3n) is 2.22. The fourth-order valence-corrected chi connectivity index (χ4v) is 2.61. The zero-order valence-electron chi connectivity index (χ0n) is 8.29. The van der Waals surface area contributed by atoms with Gasteiger partial charge in [0.1, 0.15) is 4.88 Å². The van der Waals surface area contributed by atoms with Gasteiger partial charge in [-0.25, -0.2) is 4.79 Å². The summed E-state index contributed by atoms with van der Waals surface area (Å²) in [7, 11) is 1.33. The molecule has 0 bridgehead atoms. The number of rotatable bonds is 1. The number of hydrogen-bond donors (Lipinski definition) is 1. The van der Waals surface area contributed by atoms with Gasteiger partial charge in [-0.05, 0) is 18.6 Å². The summed E-state index contributed by atoms with van der Waals surface area (Å²) >= 11 is 1.28. The van der Waals surface area contributed by atoms with Gasteiger partial charge in [-0.2, -0.15) is 0 Å². The molecule has 4 nitrogen and oxygen atoms in total.